The maximum absolute atomic E-state index is 10.5. The molecule has 0 atom stereocenters. The SMILES string of the molecule is Bc1ccc(C=O)cc1OCOCC. The summed E-state index contributed by atoms with van der Waals surface area (Å²) in [5, 5.41) is 0. The van der Waals surface area contributed by atoms with Crippen molar-refractivity contribution in [1.29, 1.82) is 0 Å². The van der Waals surface area contributed by atoms with Crippen molar-refractivity contribution in [3.05, 3.63) is 23.8 Å². The molecule has 0 amide bonds. The molecule has 0 fully saturated rings. The summed E-state index contributed by atoms with van der Waals surface area (Å²) in [4.78, 5) is 10.5. The highest BCUT2D eigenvalue weighted by molar-refractivity contribution is 6.34. The zero-order valence-corrected chi connectivity index (χ0v) is 8.45. The molecule has 1 aromatic rings. The third-order valence-electron chi connectivity index (χ3n) is 1.85. The smallest absolute Gasteiger partial charge is 0.188 e. The minimum atomic E-state index is 0.222. The predicted octanol–water partition coefficient (Wildman–Crippen LogP) is 0.130. The number of carbonyl (C=O) groups is 1. The first-order valence-electron chi connectivity index (χ1n) is 4.54. The van der Waals surface area contributed by atoms with Crippen molar-refractivity contribution in [2.75, 3.05) is 13.4 Å². The minimum absolute atomic E-state index is 0.222. The average molecular weight is 192 g/mol. The van der Waals surface area contributed by atoms with E-state index in [1.54, 1.807) is 12.1 Å². The van der Waals surface area contributed by atoms with Crippen molar-refractivity contribution in [1.82, 2.24) is 0 Å². The van der Waals surface area contributed by atoms with Crippen molar-refractivity contribution < 1.29 is 14.3 Å². The van der Waals surface area contributed by atoms with Crippen LogP contribution in [0.3, 0.4) is 0 Å². The van der Waals surface area contributed by atoms with Gasteiger partial charge in [0.2, 0.25) is 0 Å². The molecule has 0 spiro atoms. The van der Waals surface area contributed by atoms with E-state index in [9.17, 15) is 4.79 Å². The van der Waals surface area contributed by atoms with Gasteiger partial charge in [0, 0.05) is 12.2 Å². The van der Waals surface area contributed by atoms with Gasteiger partial charge >= 0.3 is 0 Å². The van der Waals surface area contributed by atoms with E-state index in [-0.39, 0.29) is 6.79 Å². The normalized spacial score (nSPS) is 9.79. The van der Waals surface area contributed by atoms with Crippen LogP contribution in [-0.2, 0) is 4.74 Å². The van der Waals surface area contributed by atoms with Crippen molar-refractivity contribution in [2.45, 2.75) is 6.92 Å². The van der Waals surface area contributed by atoms with Crippen molar-refractivity contribution in [3.63, 3.8) is 0 Å². The summed E-state index contributed by atoms with van der Waals surface area (Å²) in [5.74, 6) is 0.697. The highest BCUT2D eigenvalue weighted by Gasteiger charge is 2.00. The van der Waals surface area contributed by atoms with Gasteiger partial charge in [0.15, 0.2) is 6.79 Å². The second-order valence-electron chi connectivity index (χ2n) is 2.90. The van der Waals surface area contributed by atoms with Crippen LogP contribution in [0.15, 0.2) is 18.2 Å². The van der Waals surface area contributed by atoms with Gasteiger partial charge in [-0.15, -0.1) is 0 Å². The maximum atomic E-state index is 10.5. The zero-order chi connectivity index (χ0) is 10.4. The number of benzene rings is 1. The number of rotatable bonds is 5. The summed E-state index contributed by atoms with van der Waals surface area (Å²) in [5.41, 5.74) is 1.61. The molecule has 0 saturated carbocycles. The lowest BCUT2D eigenvalue weighted by atomic mass is 9.94. The van der Waals surface area contributed by atoms with E-state index in [1.165, 1.54) is 0 Å². The Hall–Kier alpha value is -1.29. The minimum Gasteiger partial charge on any atom is -0.468 e. The number of hydrogen-bond donors (Lipinski definition) is 0. The Labute approximate surface area is 84.4 Å². The summed E-state index contributed by atoms with van der Waals surface area (Å²) in [6, 6.07) is 5.32. The number of ether oxygens (including phenoxy) is 2. The van der Waals surface area contributed by atoms with Crippen LogP contribution in [0.1, 0.15) is 17.3 Å². The lowest BCUT2D eigenvalue weighted by Crippen LogP contribution is -2.12. The lowest BCUT2D eigenvalue weighted by molar-refractivity contribution is 0.0230. The van der Waals surface area contributed by atoms with E-state index >= 15 is 0 Å². The van der Waals surface area contributed by atoms with Gasteiger partial charge in [-0.25, -0.2) is 0 Å². The quantitative estimate of drug-likeness (QED) is 0.288. The van der Waals surface area contributed by atoms with Crippen LogP contribution in [0.5, 0.6) is 5.75 Å². The molecule has 1 aromatic carbocycles. The molecule has 0 radical (unpaired) electrons. The number of carbonyl (C=O) groups excluding carboxylic acids is 1. The molecule has 3 nitrogen and oxygen atoms in total. The lowest BCUT2D eigenvalue weighted by Gasteiger charge is -2.09. The Morgan fingerprint density at radius 1 is 1.50 bits per heavy atom. The molecule has 0 aliphatic heterocycles. The Morgan fingerprint density at radius 3 is 2.93 bits per heavy atom. The van der Waals surface area contributed by atoms with E-state index in [0.717, 1.165) is 11.7 Å². The predicted molar refractivity (Wildman–Crippen MR) is 57.1 cm³/mol. The third kappa shape index (κ3) is 2.89. The van der Waals surface area contributed by atoms with Crippen LogP contribution >= 0.6 is 0 Å². The van der Waals surface area contributed by atoms with Crippen LogP contribution in [0.4, 0.5) is 0 Å². The van der Waals surface area contributed by atoms with Gasteiger partial charge in [0.05, 0.1) is 0 Å². The summed E-state index contributed by atoms with van der Waals surface area (Å²) in [7, 11) is 1.93. The Kier molecular flexibility index (Phi) is 4.20. The fourth-order valence-electron chi connectivity index (χ4n) is 1.03. The molecule has 0 aromatic heterocycles. The molecular formula is C10H13BO3. The second kappa shape index (κ2) is 5.45. The van der Waals surface area contributed by atoms with Crippen molar-refractivity contribution in [3.8, 4) is 5.75 Å². The van der Waals surface area contributed by atoms with Crippen LogP contribution < -0.4 is 10.2 Å². The monoisotopic (exact) mass is 192 g/mol. The van der Waals surface area contributed by atoms with Crippen LogP contribution in [0.2, 0.25) is 0 Å². The molecule has 0 saturated heterocycles. The molecule has 0 bridgehead atoms. The summed E-state index contributed by atoms with van der Waals surface area (Å²) >= 11 is 0. The van der Waals surface area contributed by atoms with Gasteiger partial charge in [-0.3, -0.25) is 4.79 Å². The Morgan fingerprint density at radius 2 is 2.29 bits per heavy atom. The molecule has 4 heteroatoms. The molecule has 0 heterocycles. The molecular weight excluding hydrogens is 179 g/mol. The fraction of sp³-hybridized carbons (Fsp3) is 0.300. The average Bonchev–Trinajstić information content (AvgIpc) is 2.21. The largest absolute Gasteiger partial charge is 0.468 e. The highest BCUT2D eigenvalue weighted by atomic mass is 16.7. The molecule has 0 aliphatic rings. The molecule has 0 N–H and O–H groups in total. The van der Waals surface area contributed by atoms with Crippen LogP contribution in [0, 0.1) is 0 Å². The van der Waals surface area contributed by atoms with Crippen LogP contribution in [0.25, 0.3) is 0 Å². The molecule has 0 aliphatic carbocycles. The van der Waals surface area contributed by atoms with Gasteiger partial charge in [0.1, 0.15) is 19.9 Å². The van der Waals surface area contributed by atoms with E-state index in [0.29, 0.717) is 17.9 Å². The summed E-state index contributed by atoms with van der Waals surface area (Å²) < 4.78 is 10.4. The second-order valence-corrected chi connectivity index (χ2v) is 2.90. The van der Waals surface area contributed by atoms with Crippen molar-refractivity contribution >= 4 is 19.6 Å². The van der Waals surface area contributed by atoms with Crippen molar-refractivity contribution in [2.24, 2.45) is 0 Å². The van der Waals surface area contributed by atoms with Gasteiger partial charge < -0.3 is 9.47 Å². The maximum Gasteiger partial charge on any atom is 0.188 e. The van der Waals surface area contributed by atoms with Gasteiger partial charge in [0.25, 0.3) is 0 Å². The van der Waals surface area contributed by atoms with Crippen LogP contribution in [-0.4, -0.2) is 27.5 Å². The van der Waals surface area contributed by atoms with Gasteiger partial charge in [-0.1, -0.05) is 12.1 Å². The molecule has 0 unspecified atom stereocenters. The fourth-order valence-corrected chi connectivity index (χ4v) is 1.03. The zero-order valence-electron chi connectivity index (χ0n) is 8.45. The first-order chi connectivity index (χ1) is 6.77. The Balaban J connectivity index is 2.68. The first-order valence-corrected chi connectivity index (χ1v) is 4.54. The van der Waals surface area contributed by atoms with E-state index in [1.807, 2.05) is 20.8 Å². The van der Waals surface area contributed by atoms with E-state index in [2.05, 4.69) is 0 Å². The van der Waals surface area contributed by atoms with Gasteiger partial charge in [-0.05, 0) is 18.5 Å². The topological polar surface area (TPSA) is 35.5 Å². The van der Waals surface area contributed by atoms with Gasteiger partial charge in [-0.2, -0.15) is 0 Å². The number of aldehydes is 1. The summed E-state index contributed by atoms with van der Waals surface area (Å²) in [6.45, 7) is 2.74. The molecule has 74 valence electrons. The standard InChI is InChI=1S/C10H13BO3/c1-2-13-7-14-10-5-8(6-12)3-4-9(10)11/h3-6H,2,7,11H2,1H3. The Bertz CT molecular complexity index is 312. The van der Waals surface area contributed by atoms with E-state index < -0.39 is 0 Å². The summed E-state index contributed by atoms with van der Waals surface area (Å²) in [6.07, 6.45) is 0.799. The first kappa shape index (κ1) is 10.8. The number of hydrogen-bond acceptors (Lipinski definition) is 3. The molecule has 1 rings (SSSR count). The molecule has 14 heavy (non-hydrogen) atoms. The third-order valence-corrected chi connectivity index (χ3v) is 1.85. The highest BCUT2D eigenvalue weighted by Crippen LogP contribution is 2.08. The van der Waals surface area contributed by atoms with E-state index in [4.69, 9.17) is 9.47 Å².